The normalized spacial score (nSPS) is 11.9. The molecule has 0 bridgehead atoms. The molecule has 1 rings (SSSR count). The second-order valence-corrected chi connectivity index (χ2v) is 1.88. The second kappa shape index (κ2) is 3.06. The van der Waals surface area contributed by atoms with Gasteiger partial charge in [-0.2, -0.15) is 0 Å². The second-order valence-electron chi connectivity index (χ2n) is 1.88. The van der Waals surface area contributed by atoms with Gasteiger partial charge in [0.15, 0.2) is 5.76 Å². The van der Waals surface area contributed by atoms with Crippen molar-refractivity contribution in [3.8, 4) is 0 Å². The number of nitrogens with zero attached hydrogens (tertiary/aromatic N) is 1. The minimum absolute atomic E-state index is 0.574. The first-order chi connectivity index (χ1) is 4.88. The molecule has 0 spiro atoms. The van der Waals surface area contributed by atoms with Crippen molar-refractivity contribution in [2.45, 2.75) is 13.3 Å². The Morgan fingerprint density at radius 2 is 2.60 bits per heavy atom. The van der Waals surface area contributed by atoms with E-state index in [1.807, 2.05) is 6.92 Å². The average molecular weight is 139 g/mol. The molecule has 0 saturated carbocycles. The van der Waals surface area contributed by atoms with E-state index in [0.717, 1.165) is 0 Å². The molecule has 0 radical (unpaired) electrons. The van der Waals surface area contributed by atoms with Crippen molar-refractivity contribution in [3.05, 3.63) is 24.2 Å². The summed E-state index contributed by atoms with van der Waals surface area (Å²) in [5.41, 5.74) is 0.574. The Hall–Kier alpha value is -1.25. The quantitative estimate of drug-likeness (QED) is 0.386. The highest BCUT2D eigenvalue weighted by molar-refractivity contribution is 5.97. The molecule has 1 aromatic heterocycles. The van der Waals surface area contributed by atoms with Crippen LogP contribution >= 0.6 is 0 Å². The summed E-state index contributed by atoms with van der Waals surface area (Å²) in [5, 5.41) is 11.5. The topological polar surface area (TPSA) is 45.7 Å². The first kappa shape index (κ1) is 6.86. The van der Waals surface area contributed by atoms with Crippen molar-refractivity contribution in [1.29, 1.82) is 0 Å². The Balaban J connectivity index is 2.85. The van der Waals surface area contributed by atoms with Crippen LogP contribution in [0.2, 0.25) is 0 Å². The summed E-state index contributed by atoms with van der Waals surface area (Å²) in [7, 11) is 0. The van der Waals surface area contributed by atoms with E-state index in [4.69, 9.17) is 9.62 Å². The molecular formula is C7H9NO2. The summed E-state index contributed by atoms with van der Waals surface area (Å²) in [6.45, 7) is 1.90. The smallest absolute Gasteiger partial charge is 0.151 e. The van der Waals surface area contributed by atoms with Gasteiger partial charge in [-0.1, -0.05) is 12.1 Å². The van der Waals surface area contributed by atoms with Crippen molar-refractivity contribution in [2.24, 2.45) is 5.16 Å². The van der Waals surface area contributed by atoms with E-state index in [1.54, 1.807) is 18.4 Å². The van der Waals surface area contributed by atoms with E-state index in [2.05, 4.69) is 5.16 Å². The van der Waals surface area contributed by atoms with Crippen molar-refractivity contribution in [1.82, 2.24) is 0 Å². The van der Waals surface area contributed by atoms with Gasteiger partial charge < -0.3 is 9.62 Å². The fraction of sp³-hybridized carbons (Fsp3) is 0.286. The van der Waals surface area contributed by atoms with E-state index in [0.29, 0.717) is 17.9 Å². The predicted octanol–water partition coefficient (Wildman–Crippen LogP) is 1.87. The Morgan fingerprint density at radius 3 is 3.00 bits per heavy atom. The summed E-state index contributed by atoms with van der Waals surface area (Å²) < 4.78 is 4.99. The lowest BCUT2D eigenvalue weighted by molar-refractivity contribution is 0.316. The number of oxime groups is 1. The highest BCUT2D eigenvalue weighted by Gasteiger charge is 2.02. The molecule has 0 fully saturated rings. The van der Waals surface area contributed by atoms with Crippen LogP contribution < -0.4 is 0 Å². The van der Waals surface area contributed by atoms with E-state index in [9.17, 15) is 0 Å². The summed E-state index contributed by atoms with van der Waals surface area (Å²) in [5.74, 6) is 0.630. The zero-order valence-electron chi connectivity index (χ0n) is 5.74. The molecule has 0 saturated heterocycles. The van der Waals surface area contributed by atoms with Crippen LogP contribution in [0.5, 0.6) is 0 Å². The molecule has 3 heteroatoms. The molecule has 1 N–H and O–H groups in total. The third kappa shape index (κ3) is 1.18. The molecule has 0 aliphatic carbocycles. The maximum Gasteiger partial charge on any atom is 0.151 e. The van der Waals surface area contributed by atoms with Crippen molar-refractivity contribution >= 4 is 5.71 Å². The predicted molar refractivity (Wildman–Crippen MR) is 37.3 cm³/mol. The standard InChI is InChI=1S/C7H9NO2/c1-2-6(8-9)7-4-3-5-10-7/h3-5,9H,2H2,1H3/b8-6+. The highest BCUT2D eigenvalue weighted by Crippen LogP contribution is 2.04. The van der Waals surface area contributed by atoms with Crippen LogP contribution in [0.25, 0.3) is 0 Å². The largest absolute Gasteiger partial charge is 0.463 e. The van der Waals surface area contributed by atoms with Gasteiger partial charge in [0, 0.05) is 0 Å². The van der Waals surface area contributed by atoms with Gasteiger partial charge in [0.2, 0.25) is 0 Å². The number of hydrogen-bond acceptors (Lipinski definition) is 3. The first-order valence-corrected chi connectivity index (χ1v) is 3.13. The highest BCUT2D eigenvalue weighted by atomic mass is 16.4. The molecule has 0 unspecified atom stereocenters. The minimum atomic E-state index is 0.574. The molecule has 1 aromatic rings. The van der Waals surface area contributed by atoms with Gasteiger partial charge in [-0.05, 0) is 18.6 Å². The lowest BCUT2D eigenvalue weighted by Crippen LogP contribution is -1.95. The van der Waals surface area contributed by atoms with Crippen molar-refractivity contribution < 1.29 is 9.62 Å². The third-order valence-electron chi connectivity index (χ3n) is 1.26. The molecule has 0 atom stereocenters. The fourth-order valence-electron chi connectivity index (χ4n) is 0.737. The molecule has 10 heavy (non-hydrogen) atoms. The number of furan rings is 1. The fourth-order valence-corrected chi connectivity index (χ4v) is 0.737. The Bertz CT molecular complexity index is 214. The minimum Gasteiger partial charge on any atom is -0.463 e. The molecule has 0 aliphatic rings. The van der Waals surface area contributed by atoms with Gasteiger partial charge in [0.25, 0.3) is 0 Å². The average Bonchev–Trinajstić information content (AvgIpc) is 2.43. The number of rotatable bonds is 2. The van der Waals surface area contributed by atoms with E-state index >= 15 is 0 Å². The maximum absolute atomic E-state index is 8.43. The van der Waals surface area contributed by atoms with Crippen LogP contribution in [-0.2, 0) is 0 Å². The van der Waals surface area contributed by atoms with E-state index < -0.39 is 0 Å². The van der Waals surface area contributed by atoms with Gasteiger partial charge in [-0.3, -0.25) is 0 Å². The third-order valence-corrected chi connectivity index (χ3v) is 1.26. The first-order valence-electron chi connectivity index (χ1n) is 3.13. The molecule has 0 aliphatic heterocycles. The Labute approximate surface area is 59.0 Å². The summed E-state index contributed by atoms with van der Waals surface area (Å²) >= 11 is 0. The van der Waals surface area contributed by atoms with Gasteiger partial charge in [0.05, 0.1) is 6.26 Å². The molecule has 1 heterocycles. The van der Waals surface area contributed by atoms with Crippen LogP contribution in [0.15, 0.2) is 28.0 Å². The Kier molecular flexibility index (Phi) is 2.10. The lowest BCUT2D eigenvalue weighted by Gasteiger charge is -1.92. The van der Waals surface area contributed by atoms with Gasteiger partial charge in [0.1, 0.15) is 5.71 Å². The monoisotopic (exact) mass is 139 g/mol. The van der Waals surface area contributed by atoms with Gasteiger partial charge in [-0.25, -0.2) is 0 Å². The molecule has 0 amide bonds. The number of hydrogen-bond donors (Lipinski definition) is 1. The van der Waals surface area contributed by atoms with Crippen LogP contribution in [0.1, 0.15) is 19.1 Å². The molecule has 54 valence electrons. The van der Waals surface area contributed by atoms with Crippen LogP contribution in [0, 0.1) is 0 Å². The van der Waals surface area contributed by atoms with E-state index in [1.165, 1.54) is 0 Å². The summed E-state index contributed by atoms with van der Waals surface area (Å²) in [6, 6.07) is 3.52. The van der Waals surface area contributed by atoms with Crippen molar-refractivity contribution in [2.75, 3.05) is 0 Å². The summed E-state index contributed by atoms with van der Waals surface area (Å²) in [6.07, 6.45) is 2.22. The zero-order valence-corrected chi connectivity index (χ0v) is 5.74. The van der Waals surface area contributed by atoms with Crippen LogP contribution in [0.3, 0.4) is 0 Å². The lowest BCUT2D eigenvalue weighted by atomic mass is 10.2. The van der Waals surface area contributed by atoms with Crippen LogP contribution in [0.4, 0.5) is 0 Å². The Morgan fingerprint density at radius 1 is 1.80 bits per heavy atom. The maximum atomic E-state index is 8.43. The van der Waals surface area contributed by atoms with E-state index in [-0.39, 0.29) is 0 Å². The summed E-state index contributed by atoms with van der Waals surface area (Å²) in [4.78, 5) is 0. The molecular weight excluding hydrogens is 130 g/mol. The zero-order chi connectivity index (χ0) is 7.40. The van der Waals surface area contributed by atoms with Gasteiger partial charge in [-0.15, -0.1) is 0 Å². The molecule has 0 aromatic carbocycles. The molecule has 3 nitrogen and oxygen atoms in total. The van der Waals surface area contributed by atoms with Gasteiger partial charge >= 0.3 is 0 Å². The SMILES string of the molecule is CC/C(=N\O)c1ccco1. The van der Waals surface area contributed by atoms with Crippen molar-refractivity contribution in [3.63, 3.8) is 0 Å². The van der Waals surface area contributed by atoms with Crippen LogP contribution in [-0.4, -0.2) is 10.9 Å².